The highest BCUT2D eigenvalue weighted by molar-refractivity contribution is 7.90. The predicted octanol–water partition coefficient (Wildman–Crippen LogP) is 2.25. The van der Waals surface area contributed by atoms with Gasteiger partial charge >= 0.3 is 12.1 Å². The summed E-state index contributed by atoms with van der Waals surface area (Å²) in [6.45, 7) is 1.49. The highest BCUT2D eigenvalue weighted by Gasteiger charge is 2.32. The minimum atomic E-state index is -4.65. The lowest BCUT2D eigenvalue weighted by molar-refractivity contribution is -0.137. The van der Waals surface area contributed by atoms with Crippen molar-refractivity contribution in [3.8, 4) is 0 Å². The molecule has 0 saturated carbocycles. The van der Waals surface area contributed by atoms with Gasteiger partial charge in [0, 0.05) is 18.0 Å². The summed E-state index contributed by atoms with van der Waals surface area (Å²) in [5, 5.41) is 11.6. The van der Waals surface area contributed by atoms with Crippen LogP contribution in [0.5, 0.6) is 0 Å². The number of carboxylic acid groups (broad SMARTS) is 1. The number of halogens is 3. The first-order valence-corrected chi connectivity index (χ1v) is 7.85. The minimum Gasteiger partial charge on any atom is -0.478 e. The van der Waals surface area contributed by atoms with E-state index < -0.39 is 39.2 Å². The maximum atomic E-state index is 12.6. The van der Waals surface area contributed by atoms with E-state index in [9.17, 15) is 26.4 Å². The fourth-order valence-corrected chi connectivity index (χ4v) is 2.78. The number of aromatic carboxylic acids is 1. The number of hydrogen-bond donors (Lipinski definition) is 2. The Labute approximate surface area is 119 Å². The van der Waals surface area contributed by atoms with Gasteiger partial charge in [0.15, 0.2) is 0 Å². The molecule has 0 aliphatic carbocycles. The van der Waals surface area contributed by atoms with Crippen LogP contribution in [0, 0.1) is 0 Å². The third-order valence-corrected chi connectivity index (χ3v) is 3.64. The maximum Gasteiger partial charge on any atom is 0.416 e. The van der Waals surface area contributed by atoms with E-state index in [1.807, 2.05) is 0 Å². The Bertz CT molecular complexity index is 640. The van der Waals surface area contributed by atoms with Crippen LogP contribution in [0.15, 0.2) is 18.2 Å². The molecule has 0 aromatic heterocycles. The highest BCUT2D eigenvalue weighted by Crippen LogP contribution is 2.32. The maximum absolute atomic E-state index is 12.6. The van der Waals surface area contributed by atoms with Crippen molar-refractivity contribution >= 4 is 21.5 Å². The van der Waals surface area contributed by atoms with Gasteiger partial charge in [-0.05, 0) is 25.1 Å². The fraction of sp³-hybridized carbons (Fsp3) is 0.417. The Morgan fingerprint density at radius 2 is 1.95 bits per heavy atom. The second-order valence-corrected chi connectivity index (χ2v) is 6.89. The van der Waals surface area contributed by atoms with E-state index in [1.54, 1.807) is 0 Å². The number of benzene rings is 1. The molecule has 1 aromatic rings. The zero-order chi connectivity index (χ0) is 16.4. The molecule has 9 heteroatoms. The quantitative estimate of drug-likeness (QED) is 0.867. The van der Waals surface area contributed by atoms with Crippen LogP contribution < -0.4 is 5.32 Å². The van der Waals surface area contributed by atoms with Gasteiger partial charge in [-0.3, -0.25) is 0 Å². The summed E-state index contributed by atoms with van der Waals surface area (Å²) in [7, 11) is -3.30. The van der Waals surface area contributed by atoms with Gasteiger partial charge < -0.3 is 10.4 Å². The van der Waals surface area contributed by atoms with Crippen LogP contribution in [0.3, 0.4) is 0 Å². The second-order valence-electron chi connectivity index (χ2n) is 4.70. The topological polar surface area (TPSA) is 83.5 Å². The number of carboxylic acids is 1. The molecule has 0 bridgehead atoms. The lowest BCUT2D eigenvalue weighted by Gasteiger charge is -2.17. The first-order chi connectivity index (χ1) is 9.40. The standard InChI is InChI=1S/C12H14F3NO4S/c1-7(6-21(2,19)20)16-10-4-3-8(12(13,14)15)5-9(10)11(17)18/h3-5,7,16H,6H2,1-2H3,(H,17,18). The fourth-order valence-electron chi connectivity index (χ4n) is 1.78. The number of hydrogen-bond acceptors (Lipinski definition) is 4. The molecule has 0 radical (unpaired) electrons. The zero-order valence-electron chi connectivity index (χ0n) is 11.2. The van der Waals surface area contributed by atoms with Crippen LogP contribution in [0.4, 0.5) is 18.9 Å². The summed E-state index contributed by atoms with van der Waals surface area (Å²) in [6, 6.07) is 1.58. The second kappa shape index (κ2) is 5.92. The number of nitrogens with one attached hydrogen (secondary N) is 1. The average molecular weight is 325 g/mol. The summed E-state index contributed by atoms with van der Waals surface area (Å²) in [6.07, 6.45) is -3.64. The molecule has 1 aromatic carbocycles. The SMILES string of the molecule is CC(CS(C)(=O)=O)Nc1ccc(C(F)(F)F)cc1C(=O)O. The van der Waals surface area contributed by atoms with Crippen LogP contribution in [0.1, 0.15) is 22.8 Å². The van der Waals surface area contributed by atoms with E-state index in [4.69, 9.17) is 5.11 Å². The molecule has 0 aliphatic heterocycles. The van der Waals surface area contributed by atoms with Gasteiger partial charge in [-0.15, -0.1) is 0 Å². The van der Waals surface area contributed by atoms with E-state index in [1.165, 1.54) is 6.92 Å². The molecular weight excluding hydrogens is 311 g/mol. The summed E-state index contributed by atoms with van der Waals surface area (Å²) in [5.41, 5.74) is -1.71. The van der Waals surface area contributed by atoms with Crippen molar-refractivity contribution < 1.29 is 31.5 Å². The third kappa shape index (κ3) is 5.25. The van der Waals surface area contributed by atoms with Crippen molar-refractivity contribution in [1.29, 1.82) is 0 Å². The van der Waals surface area contributed by atoms with E-state index in [0.717, 1.165) is 18.4 Å². The molecule has 118 valence electrons. The molecule has 0 spiro atoms. The van der Waals surface area contributed by atoms with Crippen molar-refractivity contribution in [3.05, 3.63) is 29.3 Å². The van der Waals surface area contributed by atoms with E-state index >= 15 is 0 Å². The molecule has 1 unspecified atom stereocenters. The van der Waals surface area contributed by atoms with Crippen LogP contribution >= 0.6 is 0 Å². The number of carbonyl (C=O) groups is 1. The van der Waals surface area contributed by atoms with Gasteiger partial charge in [-0.1, -0.05) is 0 Å². The zero-order valence-corrected chi connectivity index (χ0v) is 12.0. The van der Waals surface area contributed by atoms with Crippen molar-refractivity contribution in [1.82, 2.24) is 0 Å². The lowest BCUT2D eigenvalue weighted by Crippen LogP contribution is -2.26. The number of alkyl halides is 3. The molecule has 0 saturated heterocycles. The normalized spacial score (nSPS) is 13.8. The van der Waals surface area contributed by atoms with E-state index in [-0.39, 0.29) is 11.4 Å². The molecular formula is C12H14F3NO4S. The molecule has 1 atom stereocenters. The molecule has 2 N–H and O–H groups in total. The highest BCUT2D eigenvalue weighted by atomic mass is 32.2. The monoisotopic (exact) mass is 325 g/mol. The smallest absolute Gasteiger partial charge is 0.416 e. The van der Waals surface area contributed by atoms with Crippen LogP contribution in [-0.2, 0) is 16.0 Å². The van der Waals surface area contributed by atoms with E-state index in [0.29, 0.717) is 6.07 Å². The van der Waals surface area contributed by atoms with Crippen LogP contribution in [0.25, 0.3) is 0 Å². The number of rotatable bonds is 5. The Hall–Kier alpha value is -1.77. The van der Waals surface area contributed by atoms with Crippen molar-refractivity contribution in [2.45, 2.75) is 19.1 Å². The first-order valence-electron chi connectivity index (χ1n) is 5.79. The molecule has 1 rings (SSSR count). The molecule has 0 amide bonds. The van der Waals surface area contributed by atoms with Crippen LogP contribution in [-0.4, -0.2) is 37.5 Å². The summed E-state index contributed by atoms with van der Waals surface area (Å²) >= 11 is 0. The Kier molecular flexibility index (Phi) is 4.87. The Balaban J connectivity index is 3.11. The Morgan fingerprint density at radius 3 is 2.38 bits per heavy atom. The summed E-state index contributed by atoms with van der Waals surface area (Å²) < 4.78 is 59.9. The summed E-state index contributed by atoms with van der Waals surface area (Å²) in [4.78, 5) is 11.0. The van der Waals surface area contributed by atoms with Crippen LogP contribution in [0.2, 0.25) is 0 Å². The molecule has 0 aliphatic rings. The average Bonchev–Trinajstić information content (AvgIpc) is 2.24. The van der Waals surface area contributed by atoms with Gasteiger partial charge in [-0.2, -0.15) is 13.2 Å². The van der Waals surface area contributed by atoms with Crippen molar-refractivity contribution in [2.24, 2.45) is 0 Å². The first kappa shape index (κ1) is 17.3. The molecule has 0 fully saturated rings. The minimum absolute atomic E-state index is 0.0633. The van der Waals surface area contributed by atoms with Gasteiger partial charge in [0.25, 0.3) is 0 Å². The van der Waals surface area contributed by atoms with Gasteiger partial charge in [0.2, 0.25) is 0 Å². The predicted molar refractivity (Wildman–Crippen MR) is 71.2 cm³/mol. The van der Waals surface area contributed by atoms with Gasteiger partial charge in [-0.25, -0.2) is 13.2 Å². The van der Waals surface area contributed by atoms with Gasteiger partial charge in [0.1, 0.15) is 9.84 Å². The van der Waals surface area contributed by atoms with E-state index in [2.05, 4.69) is 5.32 Å². The lowest BCUT2D eigenvalue weighted by atomic mass is 10.1. The van der Waals surface area contributed by atoms with Crippen molar-refractivity contribution in [2.75, 3.05) is 17.3 Å². The molecule has 21 heavy (non-hydrogen) atoms. The number of anilines is 1. The Morgan fingerprint density at radius 1 is 1.38 bits per heavy atom. The molecule has 0 heterocycles. The van der Waals surface area contributed by atoms with Gasteiger partial charge in [0.05, 0.1) is 16.9 Å². The third-order valence-electron chi connectivity index (χ3n) is 2.53. The van der Waals surface area contributed by atoms with Crippen molar-refractivity contribution in [3.63, 3.8) is 0 Å². The molecule has 5 nitrogen and oxygen atoms in total. The number of sulfone groups is 1. The summed E-state index contributed by atoms with van der Waals surface area (Å²) in [5.74, 6) is -1.80. The largest absolute Gasteiger partial charge is 0.478 e.